The van der Waals surface area contributed by atoms with Crippen molar-refractivity contribution in [2.45, 2.75) is 58.0 Å². The fraction of sp³-hybridized carbons (Fsp3) is 0.824. The van der Waals surface area contributed by atoms with Crippen molar-refractivity contribution < 1.29 is 0 Å². The Morgan fingerprint density at radius 3 is 2.35 bits per heavy atom. The highest BCUT2D eigenvalue weighted by Crippen LogP contribution is 2.61. The maximum atomic E-state index is 4.48. The highest BCUT2D eigenvalue weighted by Gasteiger charge is 2.52. The van der Waals surface area contributed by atoms with Gasteiger partial charge < -0.3 is 5.32 Å². The van der Waals surface area contributed by atoms with E-state index in [0.717, 1.165) is 24.3 Å². The van der Waals surface area contributed by atoms with E-state index >= 15 is 0 Å². The third kappa shape index (κ3) is 2.11. The molecule has 0 spiro atoms. The summed E-state index contributed by atoms with van der Waals surface area (Å²) in [6, 6.07) is 2.76. The van der Waals surface area contributed by atoms with Crippen LogP contribution in [0.15, 0.2) is 12.3 Å². The minimum absolute atomic E-state index is 0.601. The molecule has 0 amide bonds. The van der Waals surface area contributed by atoms with Crippen LogP contribution >= 0.6 is 0 Å². The predicted molar refractivity (Wildman–Crippen MR) is 80.1 cm³/mol. The van der Waals surface area contributed by atoms with Gasteiger partial charge in [0.25, 0.3) is 0 Å². The Kier molecular flexibility index (Phi) is 2.95. The van der Waals surface area contributed by atoms with Crippen LogP contribution in [0.2, 0.25) is 0 Å². The number of aryl methyl sites for hydroxylation is 1. The molecular formula is C17H27N3. The quantitative estimate of drug-likeness (QED) is 0.913. The van der Waals surface area contributed by atoms with Gasteiger partial charge in [0.1, 0.15) is 0 Å². The minimum atomic E-state index is 0.601. The number of hydrogen-bond donors (Lipinski definition) is 1. The van der Waals surface area contributed by atoms with Crippen molar-refractivity contribution in [3.63, 3.8) is 0 Å². The monoisotopic (exact) mass is 273 g/mol. The van der Waals surface area contributed by atoms with Crippen LogP contribution in [0.25, 0.3) is 0 Å². The van der Waals surface area contributed by atoms with Gasteiger partial charge in [0, 0.05) is 25.8 Å². The number of hydrogen-bond acceptors (Lipinski definition) is 2. The standard InChI is InChI=1S/C17H27N3/c1-12(18-11-16-3-4-20(2)19-16)17-8-13-5-14(9-17)7-15(6-13)10-17/h3-4,12-15,18H,5-11H2,1-2H3. The molecular weight excluding hydrogens is 246 g/mol. The Labute approximate surface area is 122 Å². The normalized spacial score (nSPS) is 40.2. The summed E-state index contributed by atoms with van der Waals surface area (Å²) in [5.74, 6) is 3.13. The second-order valence-corrected chi connectivity index (χ2v) is 7.86. The van der Waals surface area contributed by atoms with Gasteiger partial charge in [0.05, 0.1) is 5.69 Å². The van der Waals surface area contributed by atoms with Crippen LogP contribution in [-0.4, -0.2) is 15.8 Å². The maximum Gasteiger partial charge on any atom is 0.0762 e. The molecule has 4 bridgehead atoms. The zero-order chi connectivity index (χ0) is 13.7. The minimum Gasteiger partial charge on any atom is -0.308 e. The summed E-state index contributed by atoms with van der Waals surface area (Å²) in [6.45, 7) is 3.35. The zero-order valence-corrected chi connectivity index (χ0v) is 12.8. The summed E-state index contributed by atoms with van der Waals surface area (Å²) in [5.41, 5.74) is 1.77. The number of nitrogens with zero attached hydrogens (tertiary/aromatic N) is 2. The van der Waals surface area contributed by atoms with E-state index < -0.39 is 0 Å². The van der Waals surface area contributed by atoms with Crippen molar-refractivity contribution in [3.8, 4) is 0 Å². The van der Waals surface area contributed by atoms with E-state index in [1.165, 1.54) is 44.2 Å². The van der Waals surface area contributed by atoms with E-state index in [2.05, 4.69) is 23.4 Å². The lowest BCUT2D eigenvalue weighted by Gasteiger charge is -2.59. The van der Waals surface area contributed by atoms with Crippen molar-refractivity contribution in [1.29, 1.82) is 0 Å². The molecule has 5 rings (SSSR count). The third-order valence-corrected chi connectivity index (χ3v) is 6.36. The van der Waals surface area contributed by atoms with Gasteiger partial charge >= 0.3 is 0 Å². The summed E-state index contributed by atoms with van der Waals surface area (Å²) in [4.78, 5) is 0. The van der Waals surface area contributed by atoms with Crippen molar-refractivity contribution in [1.82, 2.24) is 15.1 Å². The number of aromatic nitrogens is 2. The summed E-state index contributed by atoms with van der Waals surface area (Å²) in [6.07, 6.45) is 11.1. The fourth-order valence-corrected chi connectivity index (χ4v) is 5.74. The first-order valence-corrected chi connectivity index (χ1v) is 8.35. The molecule has 1 aromatic heterocycles. The van der Waals surface area contributed by atoms with Gasteiger partial charge in [0.15, 0.2) is 0 Å². The topological polar surface area (TPSA) is 29.9 Å². The van der Waals surface area contributed by atoms with Crippen LogP contribution in [0.4, 0.5) is 0 Å². The Balaban J connectivity index is 1.44. The lowest BCUT2D eigenvalue weighted by molar-refractivity contribution is -0.0707. The van der Waals surface area contributed by atoms with Crippen molar-refractivity contribution >= 4 is 0 Å². The molecule has 3 nitrogen and oxygen atoms in total. The highest BCUT2D eigenvalue weighted by atomic mass is 15.3. The van der Waals surface area contributed by atoms with E-state index in [4.69, 9.17) is 0 Å². The number of nitrogens with one attached hydrogen (secondary N) is 1. The average molecular weight is 273 g/mol. The highest BCUT2D eigenvalue weighted by molar-refractivity contribution is 5.06. The van der Waals surface area contributed by atoms with Crippen molar-refractivity contribution in [3.05, 3.63) is 18.0 Å². The average Bonchev–Trinajstić information content (AvgIpc) is 2.80. The molecule has 1 N–H and O–H groups in total. The van der Waals surface area contributed by atoms with Crippen LogP contribution in [0.1, 0.15) is 51.1 Å². The molecule has 110 valence electrons. The first kappa shape index (κ1) is 12.9. The van der Waals surface area contributed by atoms with Gasteiger partial charge in [-0.05, 0) is 74.7 Å². The van der Waals surface area contributed by atoms with Gasteiger partial charge in [-0.15, -0.1) is 0 Å². The number of rotatable bonds is 4. The van der Waals surface area contributed by atoms with Crippen LogP contribution < -0.4 is 5.32 Å². The molecule has 1 heterocycles. The molecule has 4 fully saturated rings. The molecule has 4 saturated carbocycles. The van der Waals surface area contributed by atoms with Crippen molar-refractivity contribution in [2.75, 3.05) is 0 Å². The van der Waals surface area contributed by atoms with Crippen LogP contribution in [0.3, 0.4) is 0 Å². The van der Waals surface area contributed by atoms with Gasteiger partial charge in [0.2, 0.25) is 0 Å². The molecule has 1 atom stereocenters. The van der Waals surface area contributed by atoms with E-state index in [-0.39, 0.29) is 0 Å². The first-order valence-electron chi connectivity index (χ1n) is 8.35. The van der Waals surface area contributed by atoms with E-state index in [1.54, 1.807) is 0 Å². The van der Waals surface area contributed by atoms with E-state index in [9.17, 15) is 0 Å². The Bertz CT molecular complexity index is 455. The SMILES string of the molecule is CC(NCc1ccn(C)n1)C12CC3CC(CC(C3)C1)C2. The summed E-state index contributed by atoms with van der Waals surface area (Å²) >= 11 is 0. The molecule has 0 aromatic carbocycles. The van der Waals surface area contributed by atoms with E-state index in [0.29, 0.717) is 11.5 Å². The van der Waals surface area contributed by atoms with Crippen LogP contribution in [0.5, 0.6) is 0 Å². The van der Waals surface area contributed by atoms with Crippen LogP contribution in [-0.2, 0) is 13.6 Å². The Morgan fingerprint density at radius 1 is 1.25 bits per heavy atom. The van der Waals surface area contributed by atoms with Crippen LogP contribution in [0, 0.1) is 23.2 Å². The molecule has 4 aliphatic rings. The third-order valence-electron chi connectivity index (χ3n) is 6.36. The van der Waals surface area contributed by atoms with Crippen molar-refractivity contribution in [2.24, 2.45) is 30.2 Å². The lowest BCUT2D eigenvalue weighted by atomic mass is 9.48. The molecule has 20 heavy (non-hydrogen) atoms. The molecule has 1 unspecified atom stereocenters. The van der Waals surface area contributed by atoms with E-state index in [1.807, 2.05) is 17.9 Å². The predicted octanol–water partition coefficient (Wildman–Crippen LogP) is 3.11. The molecule has 1 aromatic rings. The summed E-state index contributed by atoms with van der Waals surface area (Å²) in [7, 11) is 1.99. The Hall–Kier alpha value is -0.830. The van der Waals surface area contributed by atoms with Gasteiger partial charge in [-0.2, -0.15) is 5.10 Å². The summed E-state index contributed by atoms with van der Waals surface area (Å²) in [5, 5.41) is 8.28. The second-order valence-electron chi connectivity index (χ2n) is 7.86. The maximum absolute atomic E-state index is 4.48. The smallest absolute Gasteiger partial charge is 0.0762 e. The molecule has 0 saturated heterocycles. The molecule has 3 heteroatoms. The van der Waals surface area contributed by atoms with Gasteiger partial charge in [-0.1, -0.05) is 0 Å². The lowest BCUT2D eigenvalue weighted by Crippen LogP contribution is -2.54. The molecule has 0 aliphatic heterocycles. The first-order chi connectivity index (χ1) is 9.63. The van der Waals surface area contributed by atoms with Gasteiger partial charge in [-0.25, -0.2) is 0 Å². The molecule has 0 radical (unpaired) electrons. The molecule has 4 aliphatic carbocycles. The summed E-state index contributed by atoms with van der Waals surface area (Å²) < 4.78 is 1.90. The second kappa shape index (κ2) is 4.59. The largest absolute Gasteiger partial charge is 0.308 e. The fourth-order valence-electron chi connectivity index (χ4n) is 5.74. The van der Waals surface area contributed by atoms with Gasteiger partial charge in [-0.3, -0.25) is 4.68 Å². The Morgan fingerprint density at radius 2 is 1.85 bits per heavy atom. The zero-order valence-electron chi connectivity index (χ0n) is 12.8.